The van der Waals surface area contributed by atoms with Crippen molar-refractivity contribution in [2.75, 3.05) is 5.43 Å². The molecule has 1 aromatic carbocycles. The molecule has 0 aliphatic rings. The molecule has 0 aliphatic carbocycles. The van der Waals surface area contributed by atoms with Gasteiger partial charge in [-0.3, -0.25) is 5.43 Å². The van der Waals surface area contributed by atoms with Crippen LogP contribution in [0.3, 0.4) is 0 Å². The van der Waals surface area contributed by atoms with Crippen LogP contribution in [0.15, 0.2) is 33.4 Å². The van der Waals surface area contributed by atoms with Crippen molar-refractivity contribution < 1.29 is 9.90 Å². The first kappa shape index (κ1) is 15.1. The highest BCUT2D eigenvalue weighted by atomic mass is 35.5. The predicted molar refractivity (Wildman–Crippen MR) is 74.9 cm³/mol. The molecule has 1 rings (SSSR count). The maximum absolute atomic E-state index is 10.5. The van der Waals surface area contributed by atoms with Gasteiger partial charge < -0.3 is 5.11 Å². The molecule has 0 saturated heterocycles. The summed E-state index contributed by atoms with van der Waals surface area (Å²) in [5.74, 6) is -1.33. The molecule has 18 heavy (non-hydrogen) atoms. The van der Waals surface area contributed by atoms with Crippen LogP contribution in [-0.4, -0.2) is 17.3 Å². The molecule has 4 nitrogen and oxygen atoms in total. The number of carboxylic acid groups (broad SMARTS) is 1. The van der Waals surface area contributed by atoms with Gasteiger partial charge in [0.2, 0.25) is 0 Å². The second-order valence-corrected chi connectivity index (χ2v) is 4.65. The lowest BCUT2D eigenvalue weighted by atomic mass is 10.3. The molecule has 96 valence electrons. The van der Waals surface area contributed by atoms with Crippen LogP contribution in [-0.2, 0) is 4.79 Å². The summed E-state index contributed by atoms with van der Waals surface area (Å²) >= 11 is 22.5. The summed E-state index contributed by atoms with van der Waals surface area (Å²) in [6.07, 6.45) is 1.06. The number of aliphatic carboxylic acids is 1. The van der Waals surface area contributed by atoms with E-state index in [0.717, 1.165) is 6.21 Å². The van der Waals surface area contributed by atoms with Crippen molar-refractivity contribution in [3.63, 3.8) is 0 Å². The molecule has 1 aromatic rings. The summed E-state index contributed by atoms with van der Waals surface area (Å²) < 4.78 is 0. The second kappa shape index (κ2) is 6.85. The van der Waals surface area contributed by atoms with Gasteiger partial charge in [0.25, 0.3) is 0 Å². The van der Waals surface area contributed by atoms with Gasteiger partial charge in [-0.2, -0.15) is 5.10 Å². The lowest BCUT2D eigenvalue weighted by Crippen LogP contribution is -1.97. The molecule has 0 amide bonds. The number of carbonyl (C=O) groups is 1. The largest absolute Gasteiger partial charge is 0.477 e. The Morgan fingerprint density at radius 2 is 1.78 bits per heavy atom. The highest BCUT2D eigenvalue weighted by Crippen LogP contribution is 2.22. The standard InChI is InChI=1S/C10H6Cl4N2O2/c11-5-1-6(12)3-7(2-5)16-15-4-8(13)9(14)10(17)18/h1-4,16H,(H,17,18). The minimum atomic E-state index is -1.33. The molecule has 0 unspecified atom stereocenters. The van der Waals surface area contributed by atoms with E-state index >= 15 is 0 Å². The van der Waals surface area contributed by atoms with Gasteiger partial charge in [0, 0.05) is 10.0 Å². The number of hydrazone groups is 1. The van der Waals surface area contributed by atoms with Gasteiger partial charge in [-0.25, -0.2) is 4.79 Å². The summed E-state index contributed by atoms with van der Waals surface area (Å²) in [4.78, 5) is 10.5. The third-order valence-electron chi connectivity index (χ3n) is 1.63. The SMILES string of the molecule is O=C(O)C(Cl)=C(Cl)C=NNc1cc(Cl)cc(Cl)c1. The number of hydrogen-bond acceptors (Lipinski definition) is 3. The van der Waals surface area contributed by atoms with Crippen LogP contribution in [0.5, 0.6) is 0 Å². The quantitative estimate of drug-likeness (QED) is 0.495. The zero-order chi connectivity index (χ0) is 13.7. The summed E-state index contributed by atoms with van der Waals surface area (Å²) in [6, 6.07) is 4.73. The Morgan fingerprint density at radius 3 is 2.28 bits per heavy atom. The number of hydrogen-bond donors (Lipinski definition) is 2. The van der Waals surface area contributed by atoms with Crippen molar-refractivity contribution >= 4 is 64.3 Å². The van der Waals surface area contributed by atoms with Crippen molar-refractivity contribution in [3.8, 4) is 0 Å². The summed E-state index contributed by atoms with van der Waals surface area (Å²) in [6.45, 7) is 0. The van der Waals surface area contributed by atoms with Crippen LogP contribution in [0.1, 0.15) is 0 Å². The minimum absolute atomic E-state index is 0.204. The first-order chi connectivity index (χ1) is 8.40. The van der Waals surface area contributed by atoms with Gasteiger partial charge in [-0.1, -0.05) is 46.4 Å². The maximum Gasteiger partial charge on any atom is 0.348 e. The van der Waals surface area contributed by atoms with E-state index < -0.39 is 11.0 Å². The molecule has 0 spiro atoms. The zero-order valence-electron chi connectivity index (χ0n) is 8.62. The van der Waals surface area contributed by atoms with Crippen molar-refractivity contribution in [1.29, 1.82) is 0 Å². The number of nitrogens with one attached hydrogen (secondary N) is 1. The third kappa shape index (κ3) is 4.74. The molecule has 0 atom stereocenters. The number of carboxylic acids is 1. The van der Waals surface area contributed by atoms with Crippen molar-refractivity contribution in [2.24, 2.45) is 5.10 Å². The molecule has 0 saturated carbocycles. The molecular formula is C10H6Cl4N2O2. The Labute approximate surface area is 123 Å². The van der Waals surface area contributed by atoms with E-state index in [0.29, 0.717) is 15.7 Å². The van der Waals surface area contributed by atoms with Gasteiger partial charge in [0.1, 0.15) is 5.03 Å². The minimum Gasteiger partial charge on any atom is -0.477 e. The van der Waals surface area contributed by atoms with Crippen molar-refractivity contribution in [2.45, 2.75) is 0 Å². The van der Waals surface area contributed by atoms with Crippen molar-refractivity contribution in [3.05, 3.63) is 38.3 Å². The van der Waals surface area contributed by atoms with E-state index in [1.165, 1.54) is 0 Å². The average Bonchev–Trinajstić information content (AvgIpc) is 2.26. The first-order valence-corrected chi connectivity index (χ1v) is 5.95. The lowest BCUT2D eigenvalue weighted by molar-refractivity contribution is -0.131. The summed E-state index contributed by atoms with van der Waals surface area (Å²) in [5, 5.41) is 12.4. The number of rotatable bonds is 4. The number of nitrogens with zero attached hydrogens (tertiary/aromatic N) is 1. The van der Waals surface area contributed by atoms with Crippen LogP contribution >= 0.6 is 46.4 Å². The zero-order valence-corrected chi connectivity index (χ0v) is 11.6. The number of halogens is 4. The topological polar surface area (TPSA) is 61.7 Å². The van der Waals surface area contributed by atoms with E-state index in [9.17, 15) is 4.79 Å². The van der Waals surface area contributed by atoms with E-state index in [2.05, 4.69) is 10.5 Å². The van der Waals surface area contributed by atoms with E-state index in [1.54, 1.807) is 18.2 Å². The Balaban J connectivity index is 2.76. The Morgan fingerprint density at radius 1 is 1.22 bits per heavy atom. The number of allylic oxidation sites excluding steroid dienone is 1. The van der Waals surface area contributed by atoms with E-state index in [4.69, 9.17) is 51.5 Å². The molecule has 8 heteroatoms. The number of anilines is 1. The molecule has 2 N–H and O–H groups in total. The Hall–Kier alpha value is -0.940. The lowest BCUT2D eigenvalue weighted by Gasteiger charge is -2.01. The van der Waals surface area contributed by atoms with Gasteiger partial charge in [0.15, 0.2) is 0 Å². The fraction of sp³-hybridized carbons (Fsp3) is 0. The molecule has 0 aliphatic heterocycles. The summed E-state index contributed by atoms with van der Waals surface area (Å²) in [7, 11) is 0. The molecule has 0 bridgehead atoms. The molecule has 0 heterocycles. The van der Waals surface area contributed by atoms with Crippen LogP contribution in [0.25, 0.3) is 0 Å². The molecule has 0 radical (unpaired) electrons. The van der Waals surface area contributed by atoms with Crippen LogP contribution in [0.2, 0.25) is 10.0 Å². The molecule has 0 fully saturated rings. The predicted octanol–water partition coefficient (Wildman–Crippen LogP) is 4.16. The van der Waals surface area contributed by atoms with Crippen LogP contribution < -0.4 is 5.43 Å². The van der Waals surface area contributed by atoms with Crippen LogP contribution in [0.4, 0.5) is 5.69 Å². The Bertz CT molecular complexity index is 508. The molecular weight excluding hydrogens is 322 g/mol. The highest BCUT2D eigenvalue weighted by Gasteiger charge is 2.07. The summed E-state index contributed by atoms with van der Waals surface area (Å²) in [5.41, 5.74) is 3.11. The first-order valence-electron chi connectivity index (χ1n) is 4.44. The smallest absolute Gasteiger partial charge is 0.348 e. The molecule has 0 aromatic heterocycles. The monoisotopic (exact) mass is 326 g/mol. The van der Waals surface area contributed by atoms with Gasteiger partial charge in [0.05, 0.1) is 16.9 Å². The van der Waals surface area contributed by atoms with E-state index in [1.807, 2.05) is 0 Å². The third-order valence-corrected chi connectivity index (χ3v) is 2.82. The van der Waals surface area contributed by atoms with Gasteiger partial charge in [-0.05, 0) is 18.2 Å². The highest BCUT2D eigenvalue weighted by molar-refractivity contribution is 6.51. The fourth-order valence-electron chi connectivity index (χ4n) is 0.941. The van der Waals surface area contributed by atoms with Crippen LogP contribution in [0, 0.1) is 0 Å². The average molecular weight is 328 g/mol. The fourth-order valence-corrected chi connectivity index (χ4v) is 1.65. The normalized spacial score (nSPS) is 12.4. The maximum atomic E-state index is 10.5. The van der Waals surface area contributed by atoms with Crippen molar-refractivity contribution in [1.82, 2.24) is 0 Å². The number of benzene rings is 1. The second-order valence-electron chi connectivity index (χ2n) is 3.00. The van der Waals surface area contributed by atoms with E-state index in [-0.39, 0.29) is 5.03 Å². The van der Waals surface area contributed by atoms with Gasteiger partial charge in [-0.15, -0.1) is 0 Å². The van der Waals surface area contributed by atoms with Gasteiger partial charge >= 0.3 is 5.97 Å². The Kier molecular flexibility index (Phi) is 5.75.